The van der Waals surface area contributed by atoms with Crippen molar-refractivity contribution >= 4 is 11.7 Å². The Morgan fingerprint density at radius 3 is 0.947 bits per heavy atom. The van der Waals surface area contributed by atoms with Gasteiger partial charge in [0.15, 0.2) is 0 Å². The van der Waals surface area contributed by atoms with Gasteiger partial charge < -0.3 is 0 Å². The van der Waals surface area contributed by atoms with Crippen LogP contribution in [-0.4, -0.2) is 22.8 Å². The maximum Gasteiger partial charge on any atom is 0.324 e. The third-order valence-corrected chi connectivity index (χ3v) is 13.3. The van der Waals surface area contributed by atoms with Gasteiger partial charge in [0, 0.05) is 6.42 Å². The summed E-state index contributed by atoms with van der Waals surface area (Å²) in [6.07, 6.45) is 66.5. The van der Waals surface area contributed by atoms with Crippen molar-refractivity contribution in [2.75, 3.05) is 6.54 Å². The fraction of sp³-hybridized carbons (Fsp3) is 0.926. The molecule has 1 atom stereocenters. The van der Waals surface area contributed by atoms with E-state index in [1.807, 2.05) is 6.20 Å². The first-order valence-corrected chi connectivity index (χ1v) is 26.9. The van der Waals surface area contributed by atoms with E-state index in [4.69, 9.17) is 4.99 Å². The molecule has 3 heteroatoms. The Labute approximate surface area is 359 Å². The molecule has 336 valence electrons. The maximum atomic E-state index is 14.1. The Morgan fingerprint density at radius 1 is 0.368 bits per heavy atom. The minimum Gasteiger partial charge on any atom is -0.230 e. The van der Waals surface area contributed by atoms with Crippen LogP contribution in [0.2, 0.25) is 0 Å². The molecule has 0 N–H and O–H groups in total. The van der Waals surface area contributed by atoms with E-state index >= 15 is 0 Å². The van der Waals surface area contributed by atoms with Crippen molar-refractivity contribution in [1.29, 1.82) is 0 Å². The Hall–Kier alpha value is -0.960. The third kappa shape index (κ3) is 32.5. The highest BCUT2D eigenvalue weighted by molar-refractivity contribution is 5.90. The number of amides is 1. The van der Waals surface area contributed by atoms with Gasteiger partial charge in [0.25, 0.3) is 0 Å². The van der Waals surface area contributed by atoms with E-state index in [-0.39, 0.29) is 0 Å². The number of hydrogen-bond acceptors (Lipinski definition) is 2. The van der Waals surface area contributed by atoms with E-state index in [9.17, 15) is 4.79 Å². The van der Waals surface area contributed by atoms with Crippen LogP contribution in [0.5, 0.6) is 0 Å². The number of unbranched alkanes of at least 4 members (excludes halogenated alkanes) is 41. The van der Waals surface area contributed by atoms with Gasteiger partial charge in [-0.3, -0.25) is 0 Å². The second-order valence-electron chi connectivity index (χ2n) is 18.8. The third-order valence-electron chi connectivity index (χ3n) is 13.3. The lowest BCUT2D eigenvalue weighted by atomic mass is 10.0. The van der Waals surface area contributed by atoms with E-state index in [2.05, 4.69) is 27.0 Å². The van der Waals surface area contributed by atoms with Gasteiger partial charge in [-0.25, -0.2) is 9.79 Å². The predicted molar refractivity (Wildman–Crippen MR) is 256 cm³/mol. The number of hydrogen-bond donors (Lipinski definition) is 0. The van der Waals surface area contributed by atoms with E-state index in [1.165, 1.54) is 270 Å². The summed E-state index contributed by atoms with van der Waals surface area (Å²) in [5.41, 5.74) is 0. The van der Waals surface area contributed by atoms with Crippen molar-refractivity contribution in [3.05, 3.63) is 12.4 Å². The molecule has 1 aliphatic rings. The minimum atomic E-state index is 0.424. The van der Waals surface area contributed by atoms with Crippen LogP contribution in [0.25, 0.3) is 0 Å². The monoisotopic (exact) mass is 798 g/mol. The molecule has 0 saturated carbocycles. The van der Waals surface area contributed by atoms with E-state index in [0.29, 0.717) is 10.4 Å². The molecule has 1 unspecified atom stereocenters. The van der Waals surface area contributed by atoms with E-state index < -0.39 is 0 Å². The molecule has 1 rings (SSSR count). The Balaban J connectivity index is 2.33. The zero-order chi connectivity index (χ0) is 41.0. The number of quaternary nitrogens is 1. The first kappa shape index (κ1) is 54.1. The molecule has 57 heavy (non-hydrogen) atoms. The maximum absolute atomic E-state index is 14.1. The zero-order valence-electron chi connectivity index (χ0n) is 39.7. The predicted octanol–water partition coefficient (Wildman–Crippen LogP) is 19.2. The highest BCUT2D eigenvalue weighted by Gasteiger charge is 2.41. The highest BCUT2D eigenvalue weighted by Crippen LogP contribution is 2.27. The lowest BCUT2D eigenvalue weighted by molar-refractivity contribution is -0.708. The van der Waals surface area contributed by atoms with Crippen LogP contribution >= 0.6 is 0 Å². The largest absolute Gasteiger partial charge is 0.324 e. The van der Waals surface area contributed by atoms with Gasteiger partial charge in [0.1, 0.15) is 6.20 Å². The van der Waals surface area contributed by atoms with Crippen LogP contribution in [0.1, 0.15) is 316 Å². The molecule has 0 aromatic heterocycles. The molecule has 1 aliphatic heterocycles. The molecular weight excluding hydrogens is 693 g/mol. The molecule has 0 bridgehead atoms. The molecule has 0 aliphatic carbocycles. The van der Waals surface area contributed by atoms with Crippen molar-refractivity contribution in [3.8, 4) is 0 Å². The molecule has 0 aromatic carbocycles. The quantitative estimate of drug-likeness (QED) is 0.0445. The molecular formula is C54H105N2O+. The average Bonchev–Trinajstić information content (AvgIpc) is 3.64. The molecule has 3 nitrogen and oxygen atoms in total. The first-order chi connectivity index (χ1) is 28.2. The van der Waals surface area contributed by atoms with Crippen LogP contribution in [0.4, 0.5) is 0 Å². The minimum absolute atomic E-state index is 0.424. The summed E-state index contributed by atoms with van der Waals surface area (Å²) in [6, 6.07) is 0. The number of aliphatic imine (C=N–C) groups is 1. The standard InChI is InChI=1S/C54H105N2O/c1-4-7-10-13-16-19-22-25-28-29-30-33-36-39-42-45-48-53-55-50-52-56(53,51-47-44-41-38-35-32-27-24-21-18-15-12-9-6-3)54(57)49-46-43-40-37-34-31-26-23-20-17-14-11-8-5-2/h50,52H,4-49,51H2,1-3H3/q+1. The summed E-state index contributed by atoms with van der Waals surface area (Å²) in [7, 11) is 0. The molecule has 0 fully saturated rings. The second-order valence-corrected chi connectivity index (χ2v) is 18.8. The summed E-state index contributed by atoms with van der Waals surface area (Å²) < 4.78 is 0.454. The van der Waals surface area contributed by atoms with Crippen molar-refractivity contribution in [3.63, 3.8) is 0 Å². The van der Waals surface area contributed by atoms with Gasteiger partial charge in [-0.2, -0.15) is 4.48 Å². The van der Waals surface area contributed by atoms with Gasteiger partial charge in [-0.1, -0.05) is 278 Å². The molecule has 1 amide bonds. The Morgan fingerprint density at radius 2 is 0.632 bits per heavy atom. The fourth-order valence-corrected chi connectivity index (χ4v) is 9.30. The average molecular weight is 798 g/mol. The molecule has 0 radical (unpaired) electrons. The zero-order valence-corrected chi connectivity index (χ0v) is 39.7. The topological polar surface area (TPSA) is 29.4 Å². The number of nitrogens with zero attached hydrogens (tertiary/aromatic N) is 2. The number of amidine groups is 1. The van der Waals surface area contributed by atoms with Gasteiger partial charge >= 0.3 is 5.91 Å². The van der Waals surface area contributed by atoms with Gasteiger partial charge in [-0.15, -0.1) is 0 Å². The Kier molecular flexibility index (Phi) is 40.9. The van der Waals surface area contributed by atoms with E-state index in [0.717, 1.165) is 38.1 Å². The smallest absolute Gasteiger partial charge is 0.230 e. The summed E-state index contributed by atoms with van der Waals surface area (Å²) in [4.78, 5) is 19.0. The second kappa shape index (κ2) is 43.1. The number of rotatable bonds is 47. The van der Waals surface area contributed by atoms with Gasteiger partial charge in [-0.05, 0) is 25.7 Å². The Bertz CT molecular complexity index is 894. The van der Waals surface area contributed by atoms with Crippen LogP contribution in [0.15, 0.2) is 17.4 Å². The highest BCUT2D eigenvalue weighted by atomic mass is 16.2. The van der Waals surface area contributed by atoms with Crippen molar-refractivity contribution in [1.82, 2.24) is 0 Å². The van der Waals surface area contributed by atoms with Crippen molar-refractivity contribution in [2.24, 2.45) is 4.99 Å². The first-order valence-electron chi connectivity index (χ1n) is 26.9. The lowest BCUT2D eigenvalue weighted by Crippen LogP contribution is -2.52. The summed E-state index contributed by atoms with van der Waals surface area (Å²) in [5, 5.41) is 0. The lowest BCUT2D eigenvalue weighted by Gasteiger charge is -2.30. The van der Waals surface area contributed by atoms with Crippen LogP contribution in [0, 0.1) is 0 Å². The van der Waals surface area contributed by atoms with Crippen molar-refractivity contribution in [2.45, 2.75) is 316 Å². The van der Waals surface area contributed by atoms with Crippen LogP contribution < -0.4 is 0 Å². The summed E-state index contributed by atoms with van der Waals surface area (Å²) >= 11 is 0. The normalized spacial score (nSPS) is 15.2. The molecule has 0 saturated heterocycles. The number of carbonyl (C=O) groups excluding carboxylic acids is 1. The van der Waals surface area contributed by atoms with Crippen molar-refractivity contribution < 1.29 is 9.28 Å². The van der Waals surface area contributed by atoms with E-state index in [1.54, 1.807) is 0 Å². The van der Waals surface area contributed by atoms with Gasteiger partial charge in [0.2, 0.25) is 5.84 Å². The fourth-order valence-electron chi connectivity index (χ4n) is 9.30. The molecule has 0 aromatic rings. The summed E-state index contributed by atoms with van der Waals surface area (Å²) in [6.45, 7) is 7.85. The van der Waals surface area contributed by atoms with Crippen LogP contribution in [0.3, 0.4) is 0 Å². The van der Waals surface area contributed by atoms with Gasteiger partial charge in [0.05, 0.1) is 19.2 Å². The summed E-state index contributed by atoms with van der Waals surface area (Å²) in [5.74, 6) is 1.58. The number of carbonyl (C=O) groups is 1. The molecule has 0 spiro atoms. The van der Waals surface area contributed by atoms with Crippen LogP contribution in [-0.2, 0) is 4.79 Å². The SMILES string of the molecule is CCCCCCCCCCCCCCCCCCC1=NC=C[N+]1(CCCCCCCCCCCCCCCC)C(=O)CCCCCCCCCCCCCCCC. The molecule has 1 heterocycles.